The number of nitrogens with zero attached hydrogens (tertiary/aromatic N) is 1. The average Bonchev–Trinajstić information content (AvgIpc) is 2.37. The van der Waals surface area contributed by atoms with Gasteiger partial charge in [0.25, 0.3) is 5.91 Å². The van der Waals surface area contributed by atoms with E-state index in [1.165, 1.54) is 13.2 Å². The predicted molar refractivity (Wildman–Crippen MR) is 74.8 cm³/mol. The standard InChI is InChI=1S/C14H22N2O3/c1-10(2)16(3)8-7-15-14(18)12-6-5-11(19-4)9-13(12)17/h5-6,9-10,17H,7-8H2,1-4H3,(H,15,18). The van der Waals surface area contributed by atoms with Gasteiger partial charge in [-0.15, -0.1) is 0 Å². The number of phenols is 1. The van der Waals surface area contributed by atoms with Gasteiger partial charge in [-0.1, -0.05) is 0 Å². The molecule has 0 unspecified atom stereocenters. The lowest BCUT2D eigenvalue weighted by Gasteiger charge is -2.20. The van der Waals surface area contributed by atoms with E-state index in [1.54, 1.807) is 12.1 Å². The summed E-state index contributed by atoms with van der Waals surface area (Å²) in [4.78, 5) is 14.0. The summed E-state index contributed by atoms with van der Waals surface area (Å²) < 4.78 is 4.97. The molecule has 0 aliphatic rings. The van der Waals surface area contributed by atoms with Gasteiger partial charge in [-0.25, -0.2) is 0 Å². The molecule has 1 amide bonds. The molecule has 19 heavy (non-hydrogen) atoms. The zero-order chi connectivity index (χ0) is 14.4. The fourth-order valence-corrected chi connectivity index (χ4v) is 1.53. The van der Waals surface area contributed by atoms with Crippen LogP contribution in [0.5, 0.6) is 11.5 Å². The number of likely N-dealkylation sites (N-methyl/N-ethyl adjacent to an activating group) is 1. The maximum Gasteiger partial charge on any atom is 0.255 e. The van der Waals surface area contributed by atoms with Crippen molar-refractivity contribution in [2.24, 2.45) is 0 Å². The highest BCUT2D eigenvalue weighted by Crippen LogP contribution is 2.23. The number of carbonyl (C=O) groups is 1. The first-order valence-corrected chi connectivity index (χ1v) is 6.31. The van der Waals surface area contributed by atoms with Gasteiger partial charge in [-0.3, -0.25) is 4.79 Å². The van der Waals surface area contributed by atoms with Crippen molar-refractivity contribution >= 4 is 5.91 Å². The summed E-state index contributed by atoms with van der Waals surface area (Å²) >= 11 is 0. The maximum absolute atomic E-state index is 11.9. The number of benzene rings is 1. The first-order chi connectivity index (χ1) is 8.95. The Morgan fingerprint density at radius 3 is 2.68 bits per heavy atom. The number of methoxy groups -OCH3 is 1. The van der Waals surface area contributed by atoms with Crippen LogP contribution in [0.2, 0.25) is 0 Å². The molecule has 5 heteroatoms. The van der Waals surface area contributed by atoms with Crippen LogP contribution >= 0.6 is 0 Å². The molecule has 0 aromatic heterocycles. The SMILES string of the molecule is COc1ccc(C(=O)NCCN(C)C(C)C)c(O)c1. The smallest absolute Gasteiger partial charge is 0.255 e. The Kier molecular flexibility index (Phi) is 5.63. The van der Waals surface area contributed by atoms with Crippen molar-refractivity contribution in [3.63, 3.8) is 0 Å². The molecule has 0 saturated heterocycles. The number of hydrogen-bond donors (Lipinski definition) is 2. The van der Waals surface area contributed by atoms with Crippen LogP contribution in [0.15, 0.2) is 18.2 Å². The van der Waals surface area contributed by atoms with Gasteiger partial charge in [0.2, 0.25) is 0 Å². The van der Waals surface area contributed by atoms with E-state index in [-0.39, 0.29) is 17.2 Å². The number of aromatic hydroxyl groups is 1. The summed E-state index contributed by atoms with van der Waals surface area (Å²) in [7, 11) is 3.51. The number of phenolic OH excluding ortho intramolecular Hbond substituents is 1. The summed E-state index contributed by atoms with van der Waals surface area (Å²) in [5.74, 6) is 0.167. The topological polar surface area (TPSA) is 61.8 Å². The quantitative estimate of drug-likeness (QED) is 0.818. The van der Waals surface area contributed by atoms with E-state index in [0.717, 1.165) is 6.54 Å². The lowest BCUT2D eigenvalue weighted by Crippen LogP contribution is -2.36. The molecule has 106 valence electrons. The van der Waals surface area contributed by atoms with Crippen LogP contribution < -0.4 is 10.1 Å². The van der Waals surface area contributed by atoms with Gasteiger partial charge < -0.3 is 20.1 Å². The number of ether oxygens (including phenoxy) is 1. The maximum atomic E-state index is 11.9. The Balaban J connectivity index is 2.54. The summed E-state index contributed by atoms with van der Waals surface area (Å²) in [6, 6.07) is 5.06. The molecular weight excluding hydrogens is 244 g/mol. The number of carbonyl (C=O) groups excluding carboxylic acids is 1. The molecule has 1 rings (SSSR count). The Morgan fingerprint density at radius 2 is 2.16 bits per heavy atom. The van der Waals surface area contributed by atoms with E-state index in [0.29, 0.717) is 18.3 Å². The van der Waals surface area contributed by atoms with Crippen LogP contribution in [-0.4, -0.2) is 49.2 Å². The monoisotopic (exact) mass is 266 g/mol. The second kappa shape index (κ2) is 6.99. The van der Waals surface area contributed by atoms with Crippen molar-refractivity contribution in [1.82, 2.24) is 10.2 Å². The fourth-order valence-electron chi connectivity index (χ4n) is 1.53. The van der Waals surface area contributed by atoms with E-state index in [9.17, 15) is 9.90 Å². The molecule has 1 aromatic carbocycles. The molecule has 0 radical (unpaired) electrons. The zero-order valence-corrected chi connectivity index (χ0v) is 11.9. The van der Waals surface area contributed by atoms with Crippen molar-refractivity contribution < 1.29 is 14.6 Å². The number of hydrogen-bond acceptors (Lipinski definition) is 4. The van der Waals surface area contributed by atoms with Gasteiger partial charge in [0, 0.05) is 25.2 Å². The van der Waals surface area contributed by atoms with Crippen molar-refractivity contribution in [1.29, 1.82) is 0 Å². The lowest BCUT2D eigenvalue weighted by molar-refractivity contribution is 0.0945. The highest BCUT2D eigenvalue weighted by atomic mass is 16.5. The molecule has 0 heterocycles. The number of rotatable bonds is 6. The van der Waals surface area contributed by atoms with E-state index >= 15 is 0 Å². The molecule has 0 saturated carbocycles. The Bertz CT molecular complexity index is 433. The third kappa shape index (κ3) is 4.44. The largest absolute Gasteiger partial charge is 0.507 e. The Morgan fingerprint density at radius 1 is 1.47 bits per heavy atom. The molecule has 0 aliphatic carbocycles. The first-order valence-electron chi connectivity index (χ1n) is 6.31. The molecule has 2 N–H and O–H groups in total. The molecule has 0 atom stereocenters. The van der Waals surface area contributed by atoms with Gasteiger partial charge in [0.05, 0.1) is 12.7 Å². The van der Waals surface area contributed by atoms with E-state index in [2.05, 4.69) is 24.1 Å². The third-order valence-electron chi connectivity index (χ3n) is 3.08. The van der Waals surface area contributed by atoms with Crippen molar-refractivity contribution in [2.45, 2.75) is 19.9 Å². The van der Waals surface area contributed by atoms with Crippen LogP contribution in [0.25, 0.3) is 0 Å². The van der Waals surface area contributed by atoms with E-state index in [4.69, 9.17) is 4.74 Å². The average molecular weight is 266 g/mol. The fraction of sp³-hybridized carbons (Fsp3) is 0.500. The lowest BCUT2D eigenvalue weighted by atomic mass is 10.2. The van der Waals surface area contributed by atoms with Crippen molar-refractivity contribution in [3.8, 4) is 11.5 Å². The summed E-state index contributed by atoms with van der Waals surface area (Å²) in [5.41, 5.74) is 0.257. The summed E-state index contributed by atoms with van der Waals surface area (Å²) in [6.07, 6.45) is 0. The van der Waals surface area contributed by atoms with Crippen LogP contribution in [-0.2, 0) is 0 Å². The molecule has 0 fully saturated rings. The van der Waals surface area contributed by atoms with Crippen LogP contribution in [0.3, 0.4) is 0 Å². The summed E-state index contributed by atoms with van der Waals surface area (Å²) in [5, 5.41) is 12.5. The second-order valence-electron chi connectivity index (χ2n) is 4.71. The van der Waals surface area contributed by atoms with Crippen LogP contribution in [0.1, 0.15) is 24.2 Å². The minimum Gasteiger partial charge on any atom is -0.507 e. The second-order valence-corrected chi connectivity index (χ2v) is 4.71. The highest BCUT2D eigenvalue weighted by molar-refractivity contribution is 5.96. The molecule has 0 bridgehead atoms. The van der Waals surface area contributed by atoms with Crippen LogP contribution in [0, 0.1) is 0 Å². The first kappa shape index (κ1) is 15.3. The van der Waals surface area contributed by atoms with Crippen LogP contribution in [0.4, 0.5) is 0 Å². The Hall–Kier alpha value is -1.75. The molecule has 1 aromatic rings. The number of amides is 1. The van der Waals surface area contributed by atoms with Crippen molar-refractivity contribution in [2.75, 3.05) is 27.2 Å². The van der Waals surface area contributed by atoms with Gasteiger partial charge in [0.1, 0.15) is 11.5 Å². The van der Waals surface area contributed by atoms with Gasteiger partial charge in [0.15, 0.2) is 0 Å². The molecule has 0 spiro atoms. The highest BCUT2D eigenvalue weighted by Gasteiger charge is 2.12. The molecular formula is C14H22N2O3. The van der Waals surface area contributed by atoms with Crippen molar-refractivity contribution in [3.05, 3.63) is 23.8 Å². The molecule has 0 aliphatic heterocycles. The number of nitrogens with one attached hydrogen (secondary N) is 1. The van der Waals surface area contributed by atoms with E-state index < -0.39 is 0 Å². The minimum atomic E-state index is -0.280. The zero-order valence-electron chi connectivity index (χ0n) is 11.9. The summed E-state index contributed by atoms with van der Waals surface area (Å²) in [6.45, 7) is 5.49. The molecule has 5 nitrogen and oxygen atoms in total. The third-order valence-corrected chi connectivity index (χ3v) is 3.08. The van der Waals surface area contributed by atoms with Gasteiger partial charge >= 0.3 is 0 Å². The van der Waals surface area contributed by atoms with Gasteiger partial charge in [-0.2, -0.15) is 0 Å². The minimum absolute atomic E-state index is 0.0749. The predicted octanol–water partition coefficient (Wildman–Crippen LogP) is 1.47. The van der Waals surface area contributed by atoms with E-state index in [1.807, 2.05) is 7.05 Å². The Labute approximate surface area is 114 Å². The normalized spacial score (nSPS) is 10.8. The van der Waals surface area contributed by atoms with Gasteiger partial charge in [-0.05, 0) is 33.0 Å².